The van der Waals surface area contributed by atoms with Crippen LogP contribution in [0.3, 0.4) is 0 Å². The molecule has 0 saturated carbocycles. The van der Waals surface area contributed by atoms with E-state index in [2.05, 4.69) is 55.6 Å². The van der Waals surface area contributed by atoms with Crippen LogP contribution in [-0.2, 0) is 4.74 Å². The minimum atomic E-state index is -0.329. The Morgan fingerprint density at radius 1 is 1.00 bits per heavy atom. The zero-order valence-electron chi connectivity index (χ0n) is 14.6. The second-order valence-electron chi connectivity index (χ2n) is 7.00. The quantitative estimate of drug-likeness (QED) is 0.844. The lowest BCUT2D eigenvalue weighted by molar-refractivity contribution is 0.138. The van der Waals surface area contributed by atoms with Gasteiger partial charge < -0.3 is 10.1 Å². The van der Waals surface area contributed by atoms with E-state index in [9.17, 15) is 4.79 Å². The smallest absolute Gasteiger partial charge is 0.407 e. The van der Waals surface area contributed by atoms with Crippen molar-refractivity contribution in [2.45, 2.75) is 39.2 Å². The molecule has 2 aromatic rings. The SMILES string of the molecule is CC(C)CC(C)NC(=O)OCC1c2ccccc2-c2ccccc21. The third-order valence-corrected chi connectivity index (χ3v) is 4.53. The molecule has 0 spiro atoms. The molecule has 3 rings (SSSR count). The van der Waals surface area contributed by atoms with E-state index in [1.807, 2.05) is 19.1 Å². The van der Waals surface area contributed by atoms with Gasteiger partial charge in [-0.2, -0.15) is 0 Å². The van der Waals surface area contributed by atoms with E-state index in [4.69, 9.17) is 4.74 Å². The highest BCUT2D eigenvalue weighted by Gasteiger charge is 2.29. The first-order valence-corrected chi connectivity index (χ1v) is 8.67. The Kier molecular flexibility index (Phi) is 4.89. The normalized spacial score (nSPS) is 14.2. The third kappa shape index (κ3) is 3.45. The molecule has 0 saturated heterocycles. The molecule has 126 valence electrons. The summed E-state index contributed by atoms with van der Waals surface area (Å²) in [6.45, 7) is 6.68. The zero-order valence-corrected chi connectivity index (χ0v) is 14.6. The van der Waals surface area contributed by atoms with Gasteiger partial charge in [0.05, 0.1) is 0 Å². The van der Waals surface area contributed by atoms with Crippen molar-refractivity contribution < 1.29 is 9.53 Å². The second kappa shape index (κ2) is 7.08. The van der Waals surface area contributed by atoms with Crippen molar-refractivity contribution in [2.75, 3.05) is 6.61 Å². The van der Waals surface area contributed by atoms with Crippen LogP contribution in [-0.4, -0.2) is 18.7 Å². The van der Waals surface area contributed by atoms with Crippen LogP contribution in [0.4, 0.5) is 4.79 Å². The van der Waals surface area contributed by atoms with Gasteiger partial charge in [-0.1, -0.05) is 62.4 Å². The molecular weight excluding hydrogens is 298 g/mol. The van der Waals surface area contributed by atoms with Crippen LogP contribution < -0.4 is 5.32 Å². The number of nitrogens with one attached hydrogen (secondary N) is 1. The van der Waals surface area contributed by atoms with Crippen molar-refractivity contribution in [3.05, 3.63) is 59.7 Å². The molecule has 1 N–H and O–H groups in total. The fourth-order valence-corrected chi connectivity index (χ4v) is 3.61. The molecule has 24 heavy (non-hydrogen) atoms. The summed E-state index contributed by atoms with van der Waals surface area (Å²) in [6.07, 6.45) is 0.620. The number of rotatable bonds is 5. The number of fused-ring (bicyclic) bond motifs is 3. The Bertz CT molecular complexity index is 678. The van der Waals surface area contributed by atoms with Crippen molar-refractivity contribution in [1.29, 1.82) is 0 Å². The van der Waals surface area contributed by atoms with Gasteiger partial charge in [0.15, 0.2) is 0 Å². The van der Waals surface area contributed by atoms with E-state index in [0.717, 1.165) is 6.42 Å². The Morgan fingerprint density at radius 2 is 1.54 bits per heavy atom. The molecule has 0 heterocycles. The summed E-state index contributed by atoms with van der Waals surface area (Å²) < 4.78 is 5.54. The van der Waals surface area contributed by atoms with E-state index in [1.54, 1.807) is 0 Å². The van der Waals surface area contributed by atoms with Gasteiger partial charge in [-0.15, -0.1) is 0 Å². The number of amides is 1. The number of carbonyl (C=O) groups is 1. The molecular formula is C21H25NO2. The van der Waals surface area contributed by atoms with Crippen molar-refractivity contribution >= 4 is 6.09 Å². The molecule has 1 aliphatic carbocycles. The Morgan fingerprint density at radius 3 is 2.08 bits per heavy atom. The number of alkyl carbamates (subject to hydrolysis) is 1. The van der Waals surface area contributed by atoms with Gasteiger partial charge in [-0.3, -0.25) is 0 Å². The maximum absolute atomic E-state index is 12.1. The van der Waals surface area contributed by atoms with Crippen LogP contribution >= 0.6 is 0 Å². The van der Waals surface area contributed by atoms with Gasteiger partial charge in [-0.25, -0.2) is 4.79 Å². The van der Waals surface area contributed by atoms with E-state index in [-0.39, 0.29) is 18.1 Å². The molecule has 0 fully saturated rings. The van der Waals surface area contributed by atoms with Crippen LogP contribution in [0.5, 0.6) is 0 Å². The number of benzene rings is 2. The Hall–Kier alpha value is -2.29. The van der Waals surface area contributed by atoms with Crippen LogP contribution in [0, 0.1) is 5.92 Å². The van der Waals surface area contributed by atoms with Crippen LogP contribution in [0.2, 0.25) is 0 Å². The summed E-state index contributed by atoms with van der Waals surface area (Å²) >= 11 is 0. The highest BCUT2D eigenvalue weighted by atomic mass is 16.5. The van der Waals surface area contributed by atoms with Gasteiger partial charge >= 0.3 is 6.09 Å². The van der Waals surface area contributed by atoms with Crippen molar-refractivity contribution in [2.24, 2.45) is 5.92 Å². The van der Waals surface area contributed by atoms with Crippen LogP contribution in [0.25, 0.3) is 11.1 Å². The van der Waals surface area contributed by atoms with Crippen molar-refractivity contribution in [3.63, 3.8) is 0 Å². The summed E-state index contributed by atoms with van der Waals surface area (Å²) in [4.78, 5) is 12.1. The largest absolute Gasteiger partial charge is 0.449 e. The van der Waals surface area contributed by atoms with Crippen LogP contribution in [0.1, 0.15) is 44.2 Å². The summed E-state index contributed by atoms with van der Waals surface area (Å²) in [5, 5.41) is 2.92. The third-order valence-electron chi connectivity index (χ3n) is 4.53. The number of carbonyl (C=O) groups excluding carboxylic acids is 1. The molecule has 1 aliphatic rings. The lowest BCUT2D eigenvalue weighted by Crippen LogP contribution is -2.34. The molecule has 0 radical (unpaired) electrons. The van der Waals surface area contributed by atoms with Crippen LogP contribution in [0.15, 0.2) is 48.5 Å². The number of hydrogen-bond donors (Lipinski definition) is 1. The molecule has 1 unspecified atom stereocenters. The summed E-state index contributed by atoms with van der Waals surface area (Å²) in [5.41, 5.74) is 4.97. The van der Waals surface area contributed by atoms with E-state index in [0.29, 0.717) is 12.5 Å². The summed E-state index contributed by atoms with van der Waals surface area (Å²) in [6, 6.07) is 16.9. The lowest BCUT2D eigenvalue weighted by atomic mass is 9.98. The minimum Gasteiger partial charge on any atom is -0.449 e. The second-order valence-corrected chi connectivity index (χ2v) is 7.00. The van der Waals surface area contributed by atoms with E-state index >= 15 is 0 Å². The molecule has 3 nitrogen and oxygen atoms in total. The van der Waals surface area contributed by atoms with Gasteiger partial charge in [-0.05, 0) is 41.5 Å². The standard InChI is InChI=1S/C21H25NO2/c1-14(2)12-15(3)22-21(23)24-13-20-18-10-6-4-8-16(18)17-9-5-7-11-19(17)20/h4-11,14-15,20H,12-13H2,1-3H3,(H,22,23). The predicted octanol–water partition coefficient (Wildman–Crippen LogP) is 4.96. The van der Waals surface area contributed by atoms with Gasteiger partial charge in [0.2, 0.25) is 0 Å². The molecule has 1 atom stereocenters. The Balaban J connectivity index is 1.68. The summed E-state index contributed by atoms with van der Waals surface area (Å²) in [5.74, 6) is 0.664. The fraction of sp³-hybridized carbons (Fsp3) is 0.381. The molecule has 0 bridgehead atoms. The highest BCUT2D eigenvalue weighted by molar-refractivity contribution is 5.79. The van der Waals surface area contributed by atoms with Gasteiger partial charge in [0.25, 0.3) is 0 Å². The van der Waals surface area contributed by atoms with E-state index < -0.39 is 0 Å². The minimum absolute atomic E-state index is 0.114. The first-order chi connectivity index (χ1) is 11.6. The molecule has 3 heteroatoms. The fourth-order valence-electron chi connectivity index (χ4n) is 3.61. The monoisotopic (exact) mass is 323 g/mol. The lowest BCUT2D eigenvalue weighted by Gasteiger charge is -2.18. The Labute approximate surface area is 144 Å². The molecule has 0 aliphatic heterocycles. The average molecular weight is 323 g/mol. The maximum Gasteiger partial charge on any atom is 0.407 e. The van der Waals surface area contributed by atoms with Crippen molar-refractivity contribution in [3.8, 4) is 11.1 Å². The first-order valence-electron chi connectivity index (χ1n) is 8.67. The zero-order chi connectivity index (χ0) is 17.1. The molecule has 1 amide bonds. The molecule has 2 aromatic carbocycles. The van der Waals surface area contributed by atoms with Gasteiger partial charge in [0, 0.05) is 12.0 Å². The van der Waals surface area contributed by atoms with E-state index in [1.165, 1.54) is 22.3 Å². The highest BCUT2D eigenvalue weighted by Crippen LogP contribution is 2.44. The summed E-state index contributed by atoms with van der Waals surface area (Å²) in [7, 11) is 0. The predicted molar refractivity (Wildman–Crippen MR) is 97.1 cm³/mol. The first kappa shape index (κ1) is 16.6. The average Bonchev–Trinajstić information content (AvgIpc) is 2.86. The number of ether oxygens (including phenoxy) is 1. The number of hydrogen-bond acceptors (Lipinski definition) is 2. The van der Waals surface area contributed by atoms with Gasteiger partial charge in [0.1, 0.15) is 6.61 Å². The maximum atomic E-state index is 12.1. The molecule has 0 aromatic heterocycles. The van der Waals surface area contributed by atoms with Crippen molar-refractivity contribution in [1.82, 2.24) is 5.32 Å². The topological polar surface area (TPSA) is 38.3 Å².